The van der Waals surface area contributed by atoms with Crippen LogP contribution in [0.2, 0.25) is 0 Å². The molecule has 3 aromatic rings. The van der Waals surface area contributed by atoms with Crippen LogP contribution in [0.1, 0.15) is 44.0 Å². The van der Waals surface area contributed by atoms with Crippen LogP contribution in [0.3, 0.4) is 0 Å². The predicted octanol–water partition coefficient (Wildman–Crippen LogP) is 5.44. The van der Waals surface area contributed by atoms with Gasteiger partial charge in [-0.05, 0) is 57.0 Å². The summed E-state index contributed by atoms with van der Waals surface area (Å²) < 4.78 is 40.5. The van der Waals surface area contributed by atoms with Crippen LogP contribution in [-0.2, 0) is 12.7 Å². The van der Waals surface area contributed by atoms with E-state index in [1.807, 2.05) is 32.0 Å². The third-order valence-corrected chi connectivity index (χ3v) is 4.84. The number of aryl methyl sites for hydroxylation is 3. The highest BCUT2D eigenvalue weighted by Gasteiger charge is 2.30. The topological polar surface area (TPSA) is 46.9 Å². The summed E-state index contributed by atoms with van der Waals surface area (Å²) in [5.41, 5.74) is 4.07. The molecular weight excluding hydrogens is 379 g/mol. The summed E-state index contributed by atoms with van der Waals surface area (Å²) in [6.07, 6.45) is -4.39. The number of benzene rings is 2. The van der Waals surface area contributed by atoms with Crippen LogP contribution in [0, 0.1) is 27.7 Å². The van der Waals surface area contributed by atoms with Crippen LogP contribution in [0.4, 0.5) is 18.9 Å². The molecule has 1 amide bonds. The van der Waals surface area contributed by atoms with Gasteiger partial charge in [0.15, 0.2) is 0 Å². The van der Waals surface area contributed by atoms with Gasteiger partial charge in [-0.2, -0.15) is 18.3 Å². The second-order valence-corrected chi connectivity index (χ2v) is 7.17. The van der Waals surface area contributed by atoms with Crippen LogP contribution >= 0.6 is 0 Å². The van der Waals surface area contributed by atoms with Crippen molar-refractivity contribution in [1.82, 2.24) is 9.78 Å². The minimum atomic E-state index is -4.39. The summed E-state index contributed by atoms with van der Waals surface area (Å²) in [5, 5.41) is 7.31. The van der Waals surface area contributed by atoms with Gasteiger partial charge in [-0.15, -0.1) is 0 Å². The largest absolute Gasteiger partial charge is 0.416 e. The maximum Gasteiger partial charge on any atom is 0.416 e. The number of nitrogens with one attached hydrogen (secondary N) is 1. The number of anilines is 1. The van der Waals surface area contributed by atoms with Gasteiger partial charge in [0.25, 0.3) is 5.91 Å². The van der Waals surface area contributed by atoms with E-state index in [4.69, 9.17) is 0 Å². The van der Waals surface area contributed by atoms with E-state index in [9.17, 15) is 18.0 Å². The lowest BCUT2D eigenvalue weighted by Crippen LogP contribution is -2.15. The number of rotatable bonds is 4. The van der Waals surface area contributed by atoms with Crippen molar-refractivity contribution < 1.29 is 18.0 Å². The van der Waals surface area contributed by atoms with Gasteiger partial charge in [0.2, 0.25) is 0 Å². The highest BCUT2D eigenvalue weighted by atomic mass is 19.4. The molecule has 2 aromatic carbocycles. The molecule has 0 saturated carbocycles. The molecule has 1 aromatic heterocycles. The Labute approximate surface area is 167 Å². The first-order valence-corrected chi connectivity index (χ1v) is 9.15. The Morgan fingerprint density at radius 3 is 2.48 bits per heavy atom. The van der Waals surface area contributed by atoms with Crippen LogP contribution in [0.15, 0.2) is 42.5 Å². The zero-order valence-electron chi connectivity index (χ0n) is 16.7. The van der Waals surface area contributed by atoms with Crippen molar-refractivity contribution in [3.8, 4) is 0 Å². The van der Waals surface area contributed by atoms with E-state index < -0.39 is 11.7 Å². The summed E-state index contributed by atoms with van der Waals surface area (Å²) in [6.45, 7) is 7.50. The van der Waals surface area contributed by atoms with Crippen molar-refractivity contribution in [2.45, 2.75) is 40.4 Å². The first kappa shape index (κ1) is 20.6. The average molecular weight is 401 g/mol. The SMILES string of the molecule is Cc1ccc(C)c(C(=O)Nc2c(C)nn(Cc3cccc(C(F)(F)F)c3)c2C)c1. The van der Waals surface area contributed by atoms with Gasteiger partial charge in [-0.1, -0.05) is 29.8 Å². The minimum Gasteiger partial charge on any atom is -0.319 e. The van der Waals surface area contributed by atoms with Gasteiger partial charge in [0.1, 0.15) is 0 Å². The summed E-state index contributed by atoms with van der Waals surface area (Å²) in [6, 6.07) is 10.8. The molecule has 0 radical (unpaired) electrons. The van der Waals surface area contributed by atoms with Crippen LogP contribution in [-0.4, -0.2) is 15.7 Å². The Balaban J connectivity index is 1.86. The molecule has 152 valence electrons. The second-order valence-electron chi connectivity index (χ2n) is 7.17. The van der Waals surface area contributed by atoms with Crippen LogP contribution < -0.4 is 5.32 Å². The number of alkyl halides is 3. The summed E-state index contributed by atoms with van der Waals surface area (Å²) in [4.78, 5) is 12.7. The molecule has 0 spiro atoms. The fraction of sp³-hybridized carbons (Fsp3) is 0.273. The molecule has 0 aliphatic rings. The summed E-state index contributed by atoms with van der Waals surface area (Å²) >= 11 is 0. The number of aromatic nitrogens is 2. The van der Waals surface area contributed by atoms with Crippen molar-refractivity contribution in [2.75, 3.05) is 5.32 Å². The maximum absolute atomic E-state index is 12.9. The third-order valence-electron chi connectivity index (χ3n) is 4.84. The number of halogens is 3. The molecule has 0 aliphatic heterocycles. The van der Waals surface area contributed by atoms with Crippen molar-refractivity contribution >= 4 is 11.6 Å². The van der Waals surface area contributed by atoms with E-state index >= 15 is 0 Å². The normalized spacial score (nSPS) is 11.6. The molecule has 29 heavy (non-hydrogen) atoms. The highest BCUT2D eigenvalue weighted by molar-refractivity contribution is 6.06. The number of amides is 1. The van der Waals surface area contributed by atoms with Crippen LogP contribution in [0.25, 0.3) is 0 Å². The van der Waals surface area contributed by atoms with E-state index in [2.05, 4.69) is 10.4 Å². The first-order chi connectivity index (χ1) is 13.6. The number of carbonyl (C=O) groups excluding carboxylic acids is 1. The Kier molecular flexibility index (Phi) is 5.50. The molecule has 0 unspecified atom stereocenters. The highest BCUT2D eigenvalue weighted by Crippen LogP contribution is 2.30. The van der Waals surface area contributed by atoms with Crippen molar-refractivity contribution in [1.29, 1.82) is 0 Å². The number of hydrogen-bond donors (Lipinski definition) is 1. The smallest absolute Gasteiger partial charge is 0.319 e. The van der Waals surface area contributed by atoms with E-state index in [0.717, 1.165) is 23.3 Å². The molecule has 0 saturated heterocycles. The molecule has 0 fully saturated rings. The maximum atomic E-state index is 12.9. The van der Waals surface area contributed by atoms with Gasteiger partial charge in [0.05, 0.1) is 29.2 Å². The summed E-state index contributed by atoms with van der Waals surface area (Å²) in [7, 11) is 0. The Bertz CT molecular complexity index is 1070. The molecule has 0 bridgehead atoms. The molecule has 1 N–H and O–H groups in total. The summed E-state index contributed by atoms with van der Waals surface area (Å²) in [5.74, 6) is -0.240. The standard InChI is InChI=1S/C22H22F3N3O/c1-13-8-9-14(2)19(10-13)21(29)26-20-15(3)27-28(16(20)4)12-17-6-5-7-18(11-17)22(23,24)25/h5-11H,12H2,1-4H3,(H,26,29). The van der Waals surface area contributed by atoms with Gasteiger partial charge in [-0.25, -0.2) is 0 Å². The Morgan fingerprint density at radius 2 is 1.79 bits per heavy atom. The zero-order chi connectivity index (χ0) is 21.3. The van der Waals surface area contributed by atoms with E-state index in [-0.39, 0.29) is 12.5 Å². The van der Waals surface area contributed by atoms with Crippen molar-refractivity contribution in [2.24, 2.45) is 0 Å². The Morgan fingerprint density at radius 1 is 1.07 bits per heavy atom. The molecular formula is C22H22F3N3O. The minimum absolute atomic E-state index is 0.177. The predicted molar refractivity (Wildman–Crippen MR) is 106 cm³/mol. The number of nitrogens with zero attached hydrogens (tertiary/aromatic N) is 2. The second kappa shape index (κ2) is 7.73. The third kappa shape index (κ3) is 4.50. The lowest BCUT2D eigenvalue weighted by molar-refractivity contribution is -0.137. The lowest BCUT2D eigenvalue weighted by atomic mass is 10.0. The first-order valence-electron chi connectivity index (χ1n) is 9.15. The quantitative estimate of drug-likeness (QED) is 0.633. The molecule has 4 nitrogen and oxygen atoms in total. The fourth-order valence-electron chi connectivity index (χ4n) is 3.21. The zero-order valence-corrected chi connectivity index (χ0v) is 16.7. The molecule has 0 atom stereocenters. The number of hydrogen-bond acceptors (Lipinski definition) is 2. The lowest BCUT2D eigenvalue weighted by Gasteiger charge is -2.11. The fourth-order valence-corrected chi connectivity index (χ4v) is 3.21. The van der Waals surface area contributed by atoms with Gasteiger partial charge >= 0.3 is 6.18 Å². The van der Waals surface area contributed by atoms with Gasteiger partial charge in [0, 0.05) is 5.56 Å². The molecule has 3 rings (SSSR count). The van der Waals surface area contributed by atoms with Crippen LogP contribution in [0.5, 0.6) is 0 Å². The van der Waals surface area contributed by atoms with E-state index in [0.29, 0.717) is 28.2 Å². The van der Waals surface area contributed by atoms with Gasteiger partial charge < -0.3 is 5.32 Å². The van der Waals surface area contributed by atoms with Crippen molar-refractivity contribution in [3.05, 3.63) is 81.7 Å². The van der Waals surface area contributed by atoms with E-state index in [1.54, 1.807) is 24.6 Å². The molecule has 7 heteroatoms. The molecule has 0 aliphatic carbocycles. The molecule has 1 heterocycles. The van der Waals surface area contributed by atoms with E-state index in [1.165, 1.54) is 6.07 Å². The number of carbonyl (C=O) groups is 1. The average Bonchev–Trinajstić information content (AvgIpc) is 2.90. The van der Waals surface area contributed by atoms with Crippen molar-refractivity contribution in [3.63, 3.8) is 0 Å². The monoisotopic (exact) mass is 401 g/mol. The Hall–Kier alpha value is -3.09. The van der Waals surface area contributed by atoms with Gasteiger partial charge in [-0.3, -0.25) is 9.48 Å².